The highest BCUT2D eigenvalue weighted by Crippen LogP contribution is 2.21. The van der Waals surface area contributed by atoms with Crippen LogP contribution >= 0.6 is 0 Å². The predicted octanol–water partition coefficient (Wildman–Crippen LogP) is 1.25. The largest absolute Gasteiger partial charge is 0.462 e. The Morgan fingerprint density at radius 3 is 2.50 bits per heavy atom. The third-order valence-electron chi connectivity index (χ3n) is 2.37. The summed E-state index contributed by atoms with van der Waals surface area (Å²) in [5.74, 6) is -0.453. The van der Waals surface area contributed by atoms with Crippen LogP contribution in [0, 0.1) is 5.41 Å². The highest BCUT2D eigenvalue weighted by Gasteiger charge is 2.28. The van der Waals surface area contributed by atoms with E-state index in [0.717, 1.165) is 0 Å². The van der Waals surface area contributed by atoms with Crippen molar-refractivity contribution in [3.8, 4) is 0 Å². The number of esters is 1. The zero-order valence-electron chi connectivity index (χ0n) is 10.1. The molecule has 0 aromatic rings. The van der Waals surface area contributed by atoms with Gasteiger partial charge in [-0.3, -0.25) is 4.55 Å². The fourth-order valence-corrected chi connectivity index (χ4v) is 1.43. The molecule has 2 unspecified atom stereocenters. The minimum absolute atomic E-state index is 0.157. The van der Waals surface area contributed by atoms with Gasteiger partial charge in [0.15, 0.2) is 0 Å². The summed E-state index contributed by atoms with van der Waals surface area (Å²) in [6, 6.07) is -0.267. The van der Waals surface area contributed by atoms with Gasteiger partial charge in [0.05, 0.1) is 6.61 Å². The normalized spacial score (nSPS) is 15.3. The Morgan fingerprint density at radius 1 is 1.62 bits per heavy atom. The van der Waals surface area contributed by atoms with Gasteiger partial charge in [-0.25, -0.2) is 13.7 Å². The smallest absolute Gasteiger partial charge is 0.333 e. The maximum absolute atomic E-state index is 11.2. The van der Waals surface area contributed by atoms with Crippen LogP contribution in [0.3, 0.4) is 0 Å². The van der Waals surface area contributed by atoms with Gasteiger partial charge in [-0.1, -0.05) is 20.4 Å². The lowest BCUT2D eigenvalue weighted by molar-refractivity contribution is -0.142. The molecule has 0 aliphatic heterocycles. The van der Waals surface area contributed by atoms with Crippen LogP contribution in [-0.2, 0) is 20.8 Å². The van der Waals surface area contributed by atoms with Crippen LogP contribution < -0.4 is 4.72 Å². The number of carbonyl (C=O) groups excluding carboxylic acids is 1. The molecule has 0 saturated carbocycles. The first-order valence-corrected chi connectivity index (χ1v) is 5.97. The summed E-state index contributed by atoms with van der Waals surface area (Å²) in [6.45, 7) is 10.6. The van der Waals surface area contributed by atoms with Crippen LogP contribution in [0.15, 0.2) is 12.2 Å². The Kier molecular flexibility index (Phi) is 5.85. The molecule has 0 aliphatic carbocycles. The molecule has 6 heteroatoms. The van der Waals surface area contributed by atoms with Crippen molar-refractivity contribution in [3.05, 3.63) is 12.2 Å². The van der Waals surface area contributed by atoms with Crippen molar-refractivity contribution in [1.29, 1.82) is 0 Å². The lowest BCUT2D eigenvalue weighted by atomic mass is 9.87. The molecule has 2 N–H and O–H groups in total. The number of rotatable bonds is 6. The quantitative estimate of drug-likeness (QED) is 0.422. The maximum atomic E-state index is 11.2. The Bertz CT molecular complexity index is 301. The summed E-state index contributed by atoms with van der Waals surface area (Å²) < 4.78 is 26.7. The Hall–Kier alpha value is -0.720. The fraction of sp³-hybridized carbons (Fsp3) is 0.700. The Morgan fingerprint density at radius 2 is 2.12 bits per heavy atom. The number of hydrogen-bond acceptors (Lipinski definition) is 3. The highest BCUT2D eigenvalue weighted by atomic mass is 32.2. The first-order chi connectivity index (χ1) is 7.16. The van der Waals surface area contributed by atoms with Crippen molar-refractivity contribution < 1.29 is 18.3 Å². The molecule has 94 valence electrons. The van der Waals surface area contributed by atoms with Gasteiger partial charge in [-0.15, -0.1) is 0 Å². The van der Waals surface area contributed by atoms with Crippen molar-refractivity contribution in [2.75, 3.05) is 6.61 Å². The average molecular weight is 249 g/mol. The first kappa shape index (κ1) is 15.3. The van der Waals surface area contributed by atoms with Crippen LogP contribution in [0.1, 0.15) is 27.7 Å². The SMILES string of the molecule is C=C(C)C(=O)OCC(C)(C)C(C)NS(=O)O. The highest BCUT2D eigenvalue weighted by molar-refractivity contribution is 7.77. The summed E-state index contributed by atoms with van der Waals surface area (Å²) in [5.41, 5.74) is -0.106. The third kappa shape index (κ3) is 5.39. The molecule has 0 bridgehead atoms. The number of carbonyl (C=O) groups is 1. The van der Waals surface area contributed by atoms with E-state index >= 15 is 0 Å². The van der Waals surface area contributed by atoms with Crippen molar-refractivity contribution in [2.45, 2.75) is 33.7 Å². The van der Waals surface area contributed by atoms with E-state index in [1.807, 2.05) is 13.8 Å². The molecule has 16 heavy (non-hydrogen) atoms. The molecule has 0 amide bonds. The number of hydrogen-bond donors (Lipinski definition) is 2. The molecule has 0 fully saturated rings. The van der Waals surface area contributed by atoms with Gasteiger partial charge in [0.25, 0.3) is 0 Å². The van der Waals surface area contributed by atoms with E-state index in [1.54, 1.807) is 13.8 Å². The monoisotopic (exact) mass is 249 g/mol. The maximum Gasteiger partial charge on any atom is 0.333 e. The summed E-state index contributed by atoms with van der Waals surface area (Å²) in [4.78, 5) is 11.2. The van der Waals surface area contributed by atoms with Crippen LogP contribution in [0.4, 0.5) is 0 Å². The van der Waals surface area contributed by atoms with Gasteiger partial charge in [0.1, 0.15) is 0 Å². The van der Waals surface area contributed by atoms with E-state index in [9.17, 15) is 9.00 Å². The molecule has 0 saturated heterocycles. The third-order valence-corrected chi connectivity index (χ3v) is 2.93. The topological polar surface area (TPSA) is 75.6 Å². The van der Waals surface area contributed by atoms with E-state index in [2.05, 4.69) is 11.3 Å². The second-order valence-corrected chi connectivity index (χ2v) is 5.17. The molecule has 0 aliphatic rings. The summed E-state index contributed by atoms with van der Waals surface area (Å²) in [7, 11) is 0. The molecule has 0 rings (SSSR count). The van der Waals surface area contributed by atoms with Crippen molar-refractivity contribution in [2.24, 2.45) is 5.41 Å². The zero-order chi connectivity index (χ0) is 12.9. The lowest BCUT2D eigenvalue weighted by Gasteiger charge is -2.30. The fourth-order valence-electron chi connectivity index (χ4n) is 0.810. The molecule has 2 atom stereocenters. The summed E-state index contributed by atoms with van der Waals surface area (Å²) in [5, 5.41) is 0. The molecule has 0 heterocycles. The van der Waals surface area contributed by atoms with E-state index in [-0.39, 0.29) is 12.6 Å². The Balaban J connectivity index is 4.28. The second kappa shape index (κ2) is 6.12. The van der Waals surface area contributed by atoms with Crippen molar-refractivity contribution in [1.82, 2.24) is 4.72 Å². The van der Waals surface area contributed by atoms with Crippen LogP contribution in [0.5, 0.6) is 0 Å². The van der Waals surface area contributed by atoms with Gasteiger partial charge >= 0.3 is 5.97 Å². The van der Waals surface area contributed by atoms with Gasteiger partial charge in [-0.05, 0) is 13.8 Å². The lowest BCUT2D eigenvalue weighted by Crippen LogP contribution is -2.43. The standard InChI is InChI=1S/C10H19NO4S/c1-7(2)9(12)15-6-10(4,5)8(3)11-16(13)14/h8,11H,1,6H2,2-5H3,(H,13,14). The van der Waals surface area contributed by atoms with Crippen LogP contribution in [0.2, 0.25) is 0 Å². The molecule has 5 nitrogen and oxygen atoms in total. The van der Waals surface area contributed by atoms with Crippen molar-refractivity contribution >= 4 is 17.2 Å². The van der Waals surface area contributed by atoms with Gasteiger partial charge in [-0.2, -0.15) is 0 Å². The minimum Gasteiger partial charge on any atom is -0.462 e. The van der Waals surface area contributed by atoms with Crippen molar-refractivity contribution in [3.63, 3.8) is 0 Å². The molecular weight excluding hydrogens is 230 g/mol. The first-order valence-electron chi connectivity index (χ1n) is 4.86. The minimum atomic E-state index is -2.07. The number of ether oxygens (including phenoxy) is 1. The van der Waals surface area contributed by atoms with Gasteiger partial charge < -0.3 is 4.74 Å². The van der Waals surface area contributed by atoms with Gasteiger partial charge in [0.2, 0.25) is 11.3 Å². The molecule has 0 aromatic carbocycles. The molecular formula is C10H19NO4S. The second-order valence-electron chi connectivity index (χ2n) is 4.43. The van der Waals surface area contributed by atoms with Gasteiger partial charge in [0, 0.05) is 17.0 Å². The molecule has 0 aromatic heterocycles. The predicted molar refractivity (Wildman–Crippen MR) is 62.9 cm³/mol. The average Bonchev–Trinajstić information content (AvgIpc) is 2.12. The number of nitrogens with one attached hydrogen (secondary N) is 1. The summed E-state index contributed by atoms with van der Waals surface area (Å²) >= 11 is -2.07. The van der Waals surface area contributed by atoms with Crippen LogP contribution in [-0.4, -0.2) is 27.4 Å². The molecule has 0 radical (unpaired) electrons. The van der Waals surface area contributed by atoms with E-state index in [1.165, 1.54) is 0 Å². The Labute approximate surface area is 98.7 Å². The summed E-state index contributed by atoms with van der Waals surface area (Å²) in [6.07, 6.45) is 0. The van der Waals surface area contributed by atoms with Crippen LogP contribution in [0.25, 0.3) is 0 Å². The molecule has 0 spiro atoms. The van der Waals surface area contributed by atoms with E-state index in [0.29, 0.717) is 5.57 Å². The zero-order valence-corrected chi connectivity index (χ0v) is 10.9. The van der Waals surface area contributed by atoms with E-state index < -0.39 is 22.7 Å². The van der Waals surface area contributed by atoms with E-state index in [4.69, 9.17) is 9.29 Å².